The van der Waals surface area contributed by atoms with Gasteiger partial charge in [0, 0.05) is 31.2 Å². The first-order valence-electron chi connectivity index (χ1n) is 7.14. The lowest BCUT2D eigenvalue weighted by atomic mass is 10.2. The van der Waals surface area contributed by atoms with Crippen LogP contribution in [0.25, 0.3) is 18.2 Å². The van der Waals surface area contributed by atoms with E-state index in [-0.39, 0.29) is 0 Å². The molecule has 0 bridgehead atoms. The van der Waals surface area contributed by atoms with Crippen LogP contribution in [0.3, 0.4) is 0 Å². The number of aliphatic imine (C=N–C) groups is 1. The Kier molecular flexibility index (Phi) is 4.05. The number of allylic oxidation sites excluding steroid dienone is 1. The normalized spacial score (nSPS) is 15.2. The highest BCUT2D eigenvalue weighted by atomic mass is 14.9. The molecule has 106 valence electrons. The molecule has 0 spiro atoms. The molecule has 3 heterocycles. The van der Waals surface area contributed by atoms with Gasteiger partial charge < -0.3 is 4.57 Å². The lowest BCUT2D eigenvalue weighted by Crippen LogP contribution is -1.90. The summed E-state index contributed by atoms with van der Waals surface area (Å²) in [7, 11) is 2.02. The minimum Gasteiger partial charge on any atom is -0.351 e. The maximum Gasteiger partial charge on any atom is 0.116 e. The molecule has 1 aliphatic rings. The molecule has 0 fully saturated rings. The van der Waals surface area contributed by atoms with Gasteiger partial charge in [0.05, 0.1) is 11.4 Å². The van der Waals surface area contributed by atoms with E-state index in [2.05, 4.69) is 37.7 Å². The predicted octanol–water partition coefficient (Wildman–Crippen LogP) is 3.23. The third-order valence-electron chi connectivity index (χ3n) is 3.47. The van der Waals surface area contributed by atoms with E-state index in [1.54, 1.807) is 6.33 Å². The third kappa shape index (κ3) is 3.54. The monoisotopic (exact) mass is 278 g/mol. The Balaban J connectivity index is 1.74. The van der Waals surface area contributed by atoms with E-state index in [1.165, 1.54) is 0 Å². The molecule has 21 heavy (non-hydrogen) atoms. The van der Waals surface area contributed by atoms with Crippen LogP contribution < -0.4 is 0 Å². The van der Waals surface area contributed by atoms with Crippen LogP contribution in [0.15, 0.2) is 41.8 Å². The van der Waals surface area contributed by atoms with Crippen LogP contribution in [0.2, 0.25) is 0 Å². The molecule has 0 amide bonds. The van der Waals surface area contributed by atoms with Gasteiger partial charge in [0.25, 0.3) is 0 Å². The molecule has 3 rings (SSSR count). The summed E-state index contributed by atoms with van der Waals surface area (Å²) in [5.74, 6) is 0. The molecule has 0 aromatic carbocycles. The van der Waals surface area contributed by atoms with Crippen LogP contribution in [0.5, 0.6) is 0 Å². The van der Waals surface area contributed by atoms with E-state index >= 15 is 0 Å². The van der Waals surface area contributed by atoms with Crippen molar-refractivity contribution < 1.29 is 0 Å². The van der Waals surface area contributed by atoms with Crippen molar-refractivity contribution >= 4 is 23.9 Å². The molecule has 1 aliphatic heterocycles. The predicted molar refractivity (Wildman–Crippen MR) is 86.9 cm³/mol. The molecule has 0 unspecified atom stereocenters. The summed E-state index contributed by atoms with van der Waals surface area (Å²) in [5, 5.41) is 0. The Hall–Kier alpha value is -2.49. The van der Waals surface area contributed by atoms with Crippen molar-refractivity contribution in [2.75, 3.05) is 6.54 Å². The van der Waals surface area contributed by atoms with Crippen molar-refractivity contribution in [3.8, 4) is 0 Å². The molecule has 0 N–H and O–H groups in total. The van der Waals surface area contributed by atoms with Crippen molar-refractivity contribution in [1.29, 1.82) is 0 Å². The average Bonchev–Trinajstić information content (AvgIpc) is 3.15. The van der Waals surface area contributed by atoms with Crippen LogP contribution in [-0.4, -0.2) is 26.8 Å². The number of aromatic nitrogens is 3. The highest BCUT2D eigenvalue weighted by Gasteiger charge is 2.02. The second kappa shape index (κ2) is 6.31. The van der Waals surface area contributed by atoms with Gasteiger partial charge in [-0.2, -0.15) is 0 Å². The van der Waals surface area contributed by atoms with Gasteiger partial charge in [-0.05, 0) is 55.3 Å². The molecule has 0 atom stereocenters. The highest BCUT2D eigenvalue weighted by molar-refractivity contribution is 5.99. The van der Waals surface area contributed by atoms with Gasteiger partial charge in [-0.3, -0.25) is 4.99 Å². The first kappa shape index (κ1) is 13.5. The number of rotatable bonds is 4. The van der Waals surface area contributed by atoms with Crippen LogP contribution in [0.4, 0.5) is 0 Å². The molecule has 2 aromatic heterocycles. The zero-order valence-electron chi connectivity index (χ0n) is 12.1. The summed E-state index contributed by atoms with van der Waals surface area (Å²) in [6, 6.07) is 6.07. The number of hydrogen-bond acceptors (Lipinski definition) is 3. The fourth-order valence-corrected chi connectivity index (χ4v) is 2.27. The molecule has 0 radical (unpaired) electrons. The summed E-state index contributed by atoms with van der Waals surface area (Å²) in [5.41, 5.74) is 4.12. The van der Waals surface area contributed by atoms with Crippen LogP contribution in [0, 0.1) is 0 Å². The molecule has 0 saturated carbocycles. The Morgan fingerprint density at radius 3 is 2.57 bits per heavy atom. The van der Waals surface area contributed by atoms with Crippen molar-refractivity contribution in [3.63, 3.8) is 0 Å². The standard InChI is InChI=1S/C17H18N4/c1-21-11-3-5-17(21)9-8-16-12-15(19-13-20-16)7-6-14-4-2-10-18-14/h3,5-9,11-13H,2,4,10H2,1H3/b7-6+,9-8+. The van der Waals surface area contributed by atoms with E-state index in [4.69, 9.17) is 0 Å². The summed E-state index contributed by atoms with van der Waals surface area (Å²) < 4.78 is 2.07. The minimum atomic E-state index is 0.902. The largest absolute Gasteiger partial charge is 0.351 e. The topological polar surface area (TPSA) is 43.1 Å². The van der Waals surface area contributed by atoms with Crippen LogP contribution in [0.1, 0.15) is 29.9 Å². The second-order valence-corrected chi connectivity index (χ2v) is 5.05. The van der Waals surface area contributed by atoms with Gasteiger partial charge >= 0.3 is 0 Å². The van der Waals surface area contributed by atoms with E-state index < -0.39 is 0 Å². The maximum absolute atomic E-state index is 4.42. The Labute approximate surface area is 124 Å². The molecule has 4 heteroatoms. The fraction of sp³-hybridized carbons (Fsp3) is 0.235. The summed E-state index contributed by atoms with van der Waals surface area (Å²) in [6.07, 6.45) is 14.0. The van der Waals surface area contributed by atoms with Crippen molar-refractivity contribution in [2.45, 2.75) is 12.8 Å². The molecular weight excluding hydrogens is 260 g/mol. The van der Waals surface area contributed by atoms with E-state index in [1.807, 2.05) is 37.5 Å². The minimum absolute atomic E-state index is 0.902. The van der Waals surface area contributed by atoms with E-state index in [9.17, 15) is 0 Å². The van der Waals surface area contributed by atoms with Crippen LogP contribution in [-0.2, 0) is 7.05 Å². The van der Waals surface area contributed by atoms with Crippen molar-refractivity contribution in [2.24, 2.45) is 12.0 Å². The summed E-state index contributed by atoms with van der Waals surface area (Å²) >= 11 is 0. The highest BCUT2D eigenvalue weighted by Crippen LogP contribution is 2.10. The van der Waals surface area contributed by atoms with E-state index in [0.717, 1.165) is 42.2 Å². The number of nitrogens with zero attached hydrogens (tertiary/aromatic N) is 4. The number of aryl methyl sites for hydroxylation is 1. The molecule has 2 aromatic rings. The fourth-order valence-electron chi connectivity index (χ4n) is 2.27. The smallest absolute Gasteiger partial charge is 0.116 e. The Morgan fingerprint density at radius 1 is 1.10 bits per heavy atom. The maximum atomic E-state index is 4.42. The average molecular weight is 278 g/mol. The Morgan fingerprint density at radius 2 is 1.90 bits per heavy atom. The zero-order chi connectivity index (χ0) is 14.5. The zero-order valence-corrected chi connectivity index (χ0v) is 12.1. The molecule has 4 nitrogen and oxygen atoms in total. The lowest BCUT2D eigenvalue weighted by Gasteiger charge is -1.97. The van der Waals surface area contributed by atoms with Gasteiger partial charge in [0.1, 0.15) is 6.33 Å². The Bertz CT molecular complexity index is 707. The van der Waals surface area contributed by atoms with Crippen LogP contribution >= 0.6 is 0 Å². The summed E-state index contributed by atoms with van der Waals surface area (Å²) in [4.78, 5) is 13.0. The second-order valence-electron chi connectivity index (χ2n) is 5.05. The lowest BCUT2D eigenvalue weighted by molar-refractivity contribution is 0.915. The van der Waals surface area contributed by atoms with Crippen molar-refractivity contribution in [3.05, 3.63) is 53.9 Å². The van der Waals surface area contributed by atoms with E-state index in [0.29, 0.717) is 0 Å². The van der Waals surface area contributed by atoms with Gasteiger partial charge in [0.2, 0.25) is 0 Å². The third-order valence-corrected chi connectivity index (χ3v) is 3.47. The molecule has 0 aliphatic carbocycles. The SMILES string of the molecule is Cn1cccc1/C=C/c1cc(/C=C/C2=NCCC2)ncn1. The molecular formula is C17H18N4. The first-order valence-corrected chi connectivity index (χ1v) is 7.14. The number of hydrogen-bond donors (Lipinski definition) is 0. The van der Waals surface area contributed by atoms with Gasteiger partial charge in [-0.1, -0.05) is 0 Å². The quantitative estimate of drug-likeness (QED) is 0.861. The summed E-state index contributed by atoms with van der Waals surface area (Å²) in [6.45, 7) is 0.952. The van der Waals surface area contributed by atoms with Gasteiger partial charge in [-0.15, -0.1) is 0 Å². The van der Waals surface area contributed by atoms with Gasteiger partial charge in [0.15, 0.2) is 0 Å². The van der Waals surface area contributed by atoms with Crippen molar-refractivity contribution in [1.82, 2.24) is 14.5 Å². The first-order chi connectivity index (χ1) is 10.3. The molecule has 0 saturated heterocycles. The van der Waals surface area contributed by atoms with Gasteiger partial charge in [-0.25, -0.2) is 9.97 Å².